The smallest absolute Gasteiger partial charge is 0.139 e. The molecule has 4 nitrogen and oxygen atoms in total. The van der Waals surface area contributed by atoms with Gasteiger partial charge < -0.3 is 19.7 Å². The lowest BCUT2D eigenvalue weighted by atomic mass is 10.1. The van der Waals surface area contributed by atoms with E-state index >= 15 is 0 Å². The van der Waals surface area contributed by atoms with Gasteiger partial charge in [0.15, 0.2) is 0 Å². The zero-order chi connectivity index (χ0) is 17.6. The second-order valence-corrected chi connectivity index (χ2v) is 7.36. The number of methoxy groups -OCH3 is 1. The van der Waals surface area contributed by atoms with Crippen LogP contribution >= 0.6 is 23.2 Å². The van der Waals surface area contributed by atoms with Crippen LogP contribution in [0.4, 0.5) is 0 Å². The number of halogens is 2. The minimum absolute atomic E-state index is 0.0120. The highest BCUT2D eigenvalue weighted by Gasteiger charge is 2.27. The third kappa shape index (κ3) is 2.87. The van der Waals surface area contributed by atoms with E-state index in [0.29, 0.717) is 22.3 Å². The second-order valence-electron chi connectivity index (χ2n) is 6.52. The molecule has 2 atom stereocenters. The average molecular weight is 379 g/mol. The molecule has 1 aliphatic rings. The minimum Gasteiger partial charge on any atom is -0.495 e. The van der Waals surface area contributed by atoms with E-state index in [4.69, 9.17) is 27.9 Å². The van der Waals surface area contributed by atoms with E-state index in [1.165, 1.54) is 0 Å². The quantitative estimate of drug-likeness (QED) is 0.694. The van der Waals surface area contributed by atoms with E-state index in [0.717, 1.165) is 41.2 Å². The van der Waals surface area contributed by atoms with Crippen molar-refractivity contribution in [1.29, 1.82) is 0 Å². The number of β-amino-alcohol motifs (C(OH)–C–C–N with tert-alkyl or cyclic N) is 1. The molecule has 4 rings (SSSR count). The van der Waals surface area contributed by atoms with Gasteiger partial charge in [0.05, 0.1) is 29.8 Å². The standard InChI is InChI=1S/C19H20Cl2N2O2/c1-25-19-9-17-13(8-14(19)21)12-7-11(20)4-5-15(12)23(17)16-3-2-6-22-10-18(16)24/h4-5,7-9,16,18,22,24H,2-3,6,10H2,1H3/t16-,18-/m1/s1. The zero-order valence-electron chi connectivity index (χ0n) is 13.9. The normalized spacial score (nSPS) is 21.6. The number of hydrogen-bond donors (Lipinski definition) is 2. The summed E-state index contributed by atoms with van der Waals surface area (Å²) in [5, 5.41) is 17.3. The van der Waals surface area contributed by atoms with E-state index in [1.807, 2.05) is 30.3 Å². The first-order chi connectivity index (χ1) is 12.1. The molecular formula is C19H20Cl2N2O2. The summed E-state index contributed by atoms with van der Waals surface area (Å²) in [5.41, 5.74) is 2.05. The third-order valence-corrected chi connectivity index (χ3v) is 5.55. The molecule has 0 saturated carbocycles. The lowest BCUT2D eigenvalue weighted by molar-refractivity contribution is 0.119. The van der Waals surface area contributed by atoms with Gasteiger partial charge in [0.25, 0.3) is 0 Å². The van der Waals surface area contributed by atoms with Gasteiger partial charge in [-0.1, -0.05) is 23.2 Å². The van der Waals surface area contributed by atoms with Gasteiger partial charge in [-0.25, -0.2) is 0 Å². The van der Waals surface area contributed by atoms with Gasteiger partial charge in [-0.2, -0.15) is 0 Å². The number of rotatable bonds is 2. The van der Waals surface area contributed by atoms with Crippen molar-refractivity contribution in [3.05, 3.63) is 40.4 Å². The molecule has 0 spiro atoms. The third-order valence-electron chi connectivity index (χ3n) is 5.02. The molecular weight excluding hydrogens is 359 g/mol. The number of ether oxygens (including phenoxy) is 1. The van der Waals surface area contributed by atoms with Crippen molar-refractivity contribution in [1.82, 2.24) is 9.88 Å². The monoisotopic (exact) mass is 378 g/mol. The Kier molecular flexibility index (Phi) is 4.54. The van der Waals surface area contributed by atoms with Gasteiger partial charge >= 0.3 is 0 Å². The fraction of sp³-hybridized carbons (Fsp3) is 0.368. The largest absolute Gasteiger partial charge is 0.495 e. The maximum Gasteiger partial charge on any atom is 0.139 e. The highest BCUT2D eigenvalue weighted by molar-refractivity contribution is 6.34. The summed E-state index contributed by atoms with van der Waals surface area (Å²) in [6.45, 7) is 1.51. The van der Waals surface area contributed by atoms with Gasteiger partial charge in [0.2, 0.25) is 0 Å². The molecule has 2 aromatic carbocycles. The first-order valence-electron chi connectivity index (χ1n) is 8.45. The van der Waals surface area contributed by atoms with E-state index in [-0.39, 0.29) is 6.04 Å². The van der Waals surface area contributed by atoms with Crippen LogP contribution in [0.1, 0.15) is 18.9 Å². The number of nitrogens with one attached hydrogen (secondary N) is 1. The van der Waals surface area contributed by atoms with Crippen molar-refractivity contribution < 1.29 is 9.84 Å². The molecule has 1 saturated heterocycles. The van der Waals surface area contributed by atoms with Crippen molar-refractivity contribution in [2.45, 2.75) is 25.0 Å². The van der Waals surface area contributed by atoms with Crippen molar-refractivity contribution in [3.8, 4) is 5.75 Å². The molecule has 0 aliphatic carbocycles. The average Bonchev–Trinajstić information content (AvgIpc) is 2.74. The molecule has 0 amide bonds. The lowest BCUT2D eigenvalue weighted by Gasteiger charge is -2.24. The molecule has 2 heterocycles. The first-order valence-corrected chi connectivity index (χ1v) is 9.21. The Bertz CT molecular complexity index is 938. The first kappa shape index (κ1) is 17.0. The molecule has 1 aromatic heterocycles. The highest BCUT2D eigenvalue weighted by Crippen LogP contribution is 2.40. The lowest BCUT2D eigenvalue weighted by Crippen LogP contribution is -2.31. The van der Waals surface area contributed by atoms with E-state index in [1.54, 1.807) is 7.11 Å². The topological polar surface area (TPSA) is 46.4 Å². The molecule has 0 bridgehead atoms. The summed E-state index contributed by atoms with van der Waals surface area (Å²) in [6, 6.07) is 9.73. The van der Waals surface area contributed by atoms with Crippen LogP contribution in [0.25, 0.3) is 21.8 Å². The van der Waals surface area contributed by atoms with Crippen molar-refractivity contribution in [2.24, 2.45) is 0 Å². The van der Waals surface area contributed by atoms with Crippen molar-refractivity contribution in [2.75, 3.05) is 20.2 Å². The Labute approximate surface area is 156 Å². The van der Waals surface area contributed by atoms with Crippen molar-refractivity contribution in [3.63, 3.8) is 0 Å². The van der Waals surface area contributed by atoms with Crippen LogP contribution in [0, 0.1) is 0 Å². The number of aromatic nitrogens is 1. The molecule has 0 unspecified atom stereocenters. The molecule has 1 fully saturated rings. The van der Waals surface area contributed by atoms with Gasteiger partial charge in [-0.05, 0) is 43.7 Å². The Hall–Kier alpha value is -1.46. The predicted octanol–water partition coefficient (Wildman–Crippen LogP) is 4.40. The molecule has 3 aromatic rings. The van der Waals surface area contributed by atoms with E-state index in [9.17, 15) is 5.11 Å². The molecule has 25 heavy (non-hydrogen) atoms. The summed E-state index contributed by atoms with van der Waals surface area (Å²) < 4.78 is 7.64. The molecule has 0 radical (unpaired) electrons. The molecule has 2 N–H and O–H groups in total. The van der Waals surface area contributed by atoms with Crippen LogP contribution < -0.4 is 10.1 Å². The van der Waals surface area contributed by atoms with Crippen molar-refractivity contribution >= 4 is 45.0 Å². The summed E-state index contributed by atoms with van der Waals surface area (Å²) in [5.74, 6) is 0.630. The van der Waals surface area contributed by atoms with Crippen LogP contribution in [-0.2, 0) is 0 Å². The Morgan fingerprint density at radius 1 is 1.16 bits per heavy atom. The number of benzene rings is 2. The van der Waals surface area contributed by atoms with Crippen LogP contribution in [0.3, 0.4) is 0 Å². The fourth-order valence-electron chi connectivity index (χ4n) is 3.85. The van der Waals surface area contributed by atoms with Gasteiger partial charge in [-0.3, -0.25) is 0 Å². The van der Waals surface area contributed by atoms with E-state index in [2.05, 4.69) is 9.88 Å². The van der Waals surface area contributed by atoms with Crippen LogP contribution in [-0.4, -0.2) is 36.0 Å². The second kappa shape index (κ2) is 6.69. The fourth-order valence-corrected chi connectivity index (χ4v) is 4.26. The van der Waals surface area contributed by atoms with E-state index < -0.39 is 6.10 Å². The summed E-state index contributed by atoms with van der Waals surface area (Å²) >= 11 is 12.6. The minimum atomic E-state index is -0.460. The number of nitrogens with zero attached hydrogens (tertiary/aromatic N) is 1. The van der Waals surface area contributed by atoms with Gasteiger partial charge in [0, 0.05) is 33.9 Å². The number of aliphatic hydroxyl groups is 1. The van der Waals surface area contributed by atoms with Gasteiger partial charge in [-0.15, -0.1) is 0 Å². The Balaban J connectivity index is 2.05. The maximum atomic E-state index is 10.7. The summed E-state index contributed by atoms with van der Waals surface area (Å²) in [6.07, 6.45) is 1.46. The molecule has 1 aliphatic heterocycles. The Morgan fingerprint density at radius 3 is 2.76 bits per heavy atom. The summed E-state index contributed by atoms with van der Waals surface area (Å²) in [4.78, 5) is 0. The van der Waals surface area contributed by atoms with Crippen LogP contribution in [0.15, 0.2) is 30.3 Å². The molecule has 132 valence electrons. The van der Waals surface area contributed by atoms with Gasteiger partial charge in [0.1, 0.15) is 5.75 Å². The zero-order valence-corrected chi connectivity index (χ0v) is 15.4. The number of hydrogen-bond acceptors (Lipinski definition) is 3. The maximum absolute atomic E-state index is 10.7. The Morgan fingerprint density at radius 2 is 1.96 bits per heavy atom. The number of aliphatic hydroxyl groups excluding tert-OH is 1. The molecule has 6 heteroatoms. The van der Waals surface area contributed by atoms with Crippen LogP contribution in [0.5, 0.6) is 5.75 Å². The van der Waals surface area contributed by atoms with Crippen LogP contribution in [0.2, 0.25) is 10.0 Å². The summed E-state index contributed by atoms with van der Waals surface area (Å²) in [7, 11) is 1.61. The number of fused-ring (bicyclic) bond motifs is 3. The predicted molar refractivity (Wildman–Crippen MR) is 103 cm³/mol. The highest BCUT2D eigenvalue weighted by atomic mass is 35.5. The SMILES string of the molecule is COc1cc2c(cc1Cl)c1cc(Cl)ccc1n2[C@@H]1CCCNC[C@H]1O.